The van der Waals surface area contributed by atoms with Crippen molar-refractivity contribution in [2.45, 2.75) is 18.9 Å². The number of piperidine rings is 1. The van der Waals surface area contributed by atoms with E-state index in [1.165, 1.54) is 0 Å². The number of fused-ring (bicyclic) bond motifs is 1. The van der Waals surface area contributed by atoms with Crippen LogP contribution in [0.3, 0.4) is 0 Å². The van der Waals surface area contributed by atoms with E-state index in [1.807, 2.05) is 59.4 Å². The first-order chi connectivity index (χ1) is 15.8. The van der Waals surface area contributed by atoms with Gasteiger partial charge in [0.2, 0.25) is 0 Å². The summed E-state index contributed by atoms with van der Waals surface area (Å²) < 4.78 is 1.83. The normalized spacial score (nSPS) is 15.1. The monoisotopic (exact) mass is 426 g/mol. The van der Waals surface area contributed by atoms with Gasteiger partial charge in [0.1, 0.15) is 6.33 Å². The third kappa shape index (κ3) is 4.24. The van der Waals surface area contributed by atoms with Crippen LogP contribution in [0, 0.1) is 0 Å². The molecule has 0 unspecified atom stereocenters. The number of nitrogens with zero attached hydrogens (tertiary/aromatic N) is 6. The number of aromatic nitrogens is 4. The maximum Gasteiger partial charge on any atom is 0.261 e. The minimum Gasteiger partial charge on any atom is -0.338 e. The van der Waals surface area contributed by atoms with Crippen molar-refractivity contribution in [1.29, 1.82) is 0 Å². The molecule has 1 saturated heterocycles. The Bertz CT molecular complexity index is 1180. The molecule has 0 amide bonds. The zero-order valence-corrected chi connectivity index (χ0v) is 17.9. The van der Waals surface area contributed by atoms with Crippen LogP contribution >= 0.6 is 0 Å². The maximum absolute atomic E-state index is 12.9. The second kappa shape index (κ2) is 9.28. The second-order valence-electron chi connectivity index (χ2n) is 8.13. The molecule has 7 nitrogen and oxygen atoms in total. The van der Waals surface area contributed by atoms with Crippen molar-refractivity contribution < 1.29 is 0 Å². The molecule has 2 aromatic heterocycles. The summed E-state index contributed by atoms with van der Waals surface area (Å²) >= 11 is 0. The zero-order chi connectivity index (χ0) is 21.8. The molecule has 1 aliphatic rings. The summed E-state index contributed by atoms with van der Waals surface area (Å²) in [6.45, 7) is 3.69. The Morgan fingerprint density at radius 1 is 0.906 bits per heavy atom. The molecule has 1 aliphatic heterocycles. The van der Waals surface area contributed by atoms with Gasteiger partial charge in [-0.05, 0) is 37.1 Å². The average molecular weight is 427 g/mol. The highest BCUT2D eigenvalue weighted by molar-refractivity contribution is 5.76. The second-order valence-corrected chi connectivity index (χ2v) is 8.13. The predicted octanol–water partition coefficient (Wildman–Crippen LogP) is 3.66. The maximum atomic E-state index is 12.9. The van der Waals surface area contributed by atoms with Crippen molar-refractivity contribution in [2.24, 2.45) is 0 Å². The molecule has 0 radical (unpaired) electrons. The molecule has 0 atom stereocenters. The number of hydrogen-bond donors (Lipinski definition) is 0. The number of anilines is 2. The van der Waals surface area contributed by atoms with E-state index in [2.05, 4.69) is 36.9 Å². The molecular weight excluding hydrogens is 400 g/mol. The first kappa shape index (κ1) is 20.3. The first-order valence-corrected chi connectivity index (χ1v) is 11.1. The zero-order valence-electron chi connectivity index (χ0n) is 17.9. The summed E-state index contributed by atoms with van der Waals surface area (Å²) in [7, 11) is 0. The van der Waals surface area contributed by atoms with Crippen LogP contribution in [0.5, 0.6) is 0 Å². The third-order valence-corrected chi connectivity index (χ3v) is 6.21. The molecule has 32 heavy (non-hydrogen) atoms. The highest BCUT2D eigenvalue weighted by atomic mass is 16.1. The van der Waals surface area contributed by atoms with Gasteiger partial charge < -0.3 is 9.80 Å². The van der Waals surface area contributed by atoms with Crippen molar-refractivity contribution in [3.63, 3.8) is 0 Å². The summed E-state index contributed by atoms with van der Waals surface area (Å²) in [5, 5.41) is 0.695. The first-order valence-electron chi connectivity index (χ1n) is 11.1. The van der Waals surface area contributed by atoms with Gasteiger partial charge in [-0.1, -0.05) is 30.3 Å². The van der Waals surface area contributed by atoms with Gasteiger partial charge >= 0.3 is 0 Å². The van der Waals surface area contributed by atoms with Crippen molar-refractivity contribution in [2.75, 3.05) is 31.1 Å². The summed E-state index contributed by atoms with van der Waals surface area (Å²) in [6, 6.07) is 18.1. The number of rotatable bonds is 6. The molecule has 3 heterocycles. The molecule has 0 aliphatic carbocycles. The van der Waals surface area contributed by atoms with Gasteiger partial charge in [-0.15, -0.1) is 0 Å². The molecule has 5 rings (SSSR count). The average Bonchev–Trinajstić information content (AvgIpc) is 2.86. The lowest BCUT2D eigenvalue weighted by atomic mass is 10.0. The Hall–Kier alpha value is -3.58. The topological polar surface area (TPSA) is 67.2 Å². The molecule has 162 valence electrons. The lowest BCUT2D eigenvalue weighted by Gasteiger charge is -2.34. The van der Waals surface area contributed by atoms with E-state index in [0.29, 0.717) is 5.39 Å². The fourth-order valence-corrected chi connectivity index (χ4v) is 4.45. The molecule has 2 aromatic carbocycles. The van der Waals surface area contributed by atoms with Crippen molar-refractivity contribution >= 4 is 22.3 Å². The standard InChI is InChI=1S/C25H26N6O/c32-25-23-8-4-5-9-24(23)28-19-31(25)21-10-12-29(13-11-21)14-15-30(20-6-2-1-3-7-20)22-16-26-18-27-17-22/h1-9,16-19,21H,10-15H2. The Kier molecular flexibility index (Phi) is 5.89. The lowest BCUT2D eigenvalue weighted by molar-refractivity contribution is 0.188. The number of para-hydroxylation sites is 2. The molecular formula is C25H26N6O. The van der Waals surface area contributed by atoms with E-state index in [9.17, 15) is 4.79 Å². The fraction of sp³-hybridized carbons (Fsp3) is 0.280. The molecule has 0 saturated carbocycles. The van der Waals surface area contributed by atoms with Crippen LogP contribution in [-0.4, -0.2) is 50.6 Å². The summed E-state index contributed by atoms with van der Waals surface area (Å²) in [5.41, 5.74) is 2.94. The number of benzene rings is 2. The van der Waals surface area contributed by atoms with Crippen LogP contribution in [0.4, 0.5) is 11.4 Å². The Balaban J connectivity index is 1.25. The van der Waals surface area contributed by atoms with Gasteiger partial charge in [0, 0.05) is 37.9 Å². The summed E-state index contributed by atoms with van der Waals surface area (Å²) in [6.07, 6.45) is 8.87. The minimum atomic E-state index is 0.0633. The van der Waals surface area contributed by atoms with Crippen LogP contribution in [0.2, 0.25) is 0 Å². The number of hydrogen-bond acceptors (Lipinski definition) is 6. The third-order valence-electron chi connectivity index (χ3n) is 6.21. The van der Waals surface area contributed by atoms with Crippen LogP contribution in [0.25, 0.3) is 10.9 Å². The predicted molar refractivity (Wildman–Crippen MR) is 126 cm³/mol. The lowest BCUT2D eigenvalue weighted by Crippen LogP contribution is -2.40. The van der Waals surface area contributed by atoms with Crippen molar-refractivity contribution in [1.82, 2.24) is 24.4 Å². The molecule has 0 bridgehead atoms. The summed E-state index contributed by atoms with van der Waals surface area (Å²) in [5.74, 6) is 0. The van der Waals surface area contributed by atoms with E-state index in [0.717, 1.165) is 55.9 Å². The Morgan fingerprint density at radius 3 is 2.41 bits per heavy atom. The Labute approximate surface area is 187 Å². The fourth-order valence-electron chi connectivity index (χ4n) is 4.45. The minimum absolute atomic E-state index is 0.0633. The highest BCUT2D eigenvalue weighted by Gasteiger charge is 2.22. The van der Waals surface area contributed by atoms with Gasteiger partial charge in [0.05, 0.1) is 35.3 Å². The van der Waals surface area contributed by atoms with Crippen LogP contribution in [0.1, 0.15) is 18.9 Å². The van der Waals surface area contributed by atoms with E-state index in [-0.39, 0.29) is 11.6 Å². The quantitative estimate of drug-likeness (QED) is 0.469. The van der Waals surface area contributed by atoms with Crippen LogP contribution < -0.4 is 10.5 Å². The summed E-state index contributed by atoms with van der Waals surface area (Å²) in [4.78, 5) is 30.5. The molecule has 7 heteroatoms. The van der Waals surface area contributed by atoms with Gasteiger partial charge in [0.25, 0.3) is 5.56 Å². The van der Waals surface area contributed by atoms with E-state index in [1.54, 1.807) is 12.7 Å². The van der Waals surface area contributed by atoms with Gasteiger partial charge in [0.15, 0.2) is 0 Å². The largest absolute Gasteiger partial charge is 0.338 e. The Morgan fingerprint density at radius 2 is 1.62 bits per heavy atom. The van der Waals surface area contributed by atoms with Crippen LogP contribution in [-0.2, 0) is 0 Å². The smallest absolute Gasteiger partial charge is 0.261 e. The van der Waals surface area contributed by atoms with Gasteiger partial charge in [-0.25, -0.2) is 15.0 Å². The SMILES string of the molecule is O=c1c2ccccc2ncn1C1CCN(CCN(c2ccccc2)c2cncnc2)CC1. The van der Waals surface area contributed by atoms with Crippen molar-refractivity contribution in [3.8, 4) is 0 Å². The van der Waals surface area contributed by atoms with Gasteiger partial charge in [-0.2, -0.15) is 0 Å². The van der Waals surface area contributed by atoms with E-state index < -0.39 is 0 Å². The highest BCUT2D eigenvalue weighted by Crippen LogP contribution is 2.25. The molecule has 4 aromatic rings. The molecule has 0 N–H and O–H groups in total. The van der Waals surface area contributed by atoms with E-state index >= 15 is 0 Å². The van der Waals surface area contributed by atoms with Crippen molar-refractivity contribution in [3.05, 3.63) is 90.0 Å². The number of likely N-dealkylation sites (tertiary alicyclic amines) is 1. The van der Waals surface area contributed by atoms with E-state index in [4.69, 9.17) is 0 Å². The van der Waals surface area contributed by atoms with Gasteiger partial charge in [-0.3, -0.25) is 9.36 Å². The molecule has 0 spiro atoms. The van der Waals surface area contributed by atoms with Crippen LogP contribution in [0.15, 0.2) is 84.4 Å². The molecule has 1 fully saturated rings.